The molecule has 0 spiro atoms. The van der Waals surface area contributed by atoms with Gasteiger partial charge in [-0.2, -0.15) is 0 Å². The fourth-order valence-electron chi connectivity index (χ4n) is 3.17. The van der Waals surface area contributed by atoms with Gasteiger partial charge in [0.25, 0.3) is 5.91 Å². The third-order valence-corrected chi connectivity index (χ3v) is 4.76. The summed E-state index contributed by atoms with van der Waals surface area (Å²) in [7, 11) is 1.59. The third kappa shape index (κ3) is 4.02. The highest BCUT2D eigenvalue weighted by Gasteiger charge is 2.29. The number of rotatable bonds is 4. The first kappa shape index (κ1) is 17.5. The van der Waals surface area contributed by atoms with E-state index in [1.165, 1.54) is 0 Å². The molecule has 0 saturated carbocycles. The molecule has 5 heteroatoms. The van der Waals surface area contributed by atoms with Crippen LogP contribution in [0, 0.1) is 5.92 Å². The molecule has 1 aliphatic heterocycles. The SMILES string of the molecule is COc1ccc(C(=O)C2CCCN(C(=O)c3cccc(Cl)c3)C2)cc1. The first-order chi connectivity index (χ1) is 12.1. The smallest absolute Gasteiger partial charge is 0.253 e. The van der Waals surface area contributed by atoms with Gasteiger partial charge in [0.2, 0.25) is 0 Å². The van der Waals surface area contributed by atoms with Crippen LogP contribution in [-0.2, 0) is 0 Å². The number of benzene rings is 2. The number of likely N-dealkylation sites (tertiary alicyclic amines) is 1. The van der Waals surface area contributed by atoms with E-state index in [9.17, 15) is 9.59 Å². The lowest BCUT2D eigenvalue weighted by molar-refractivity contribution is 0.0637. The van der Waals surface area contributed by atoms with Gasteiger partial charge >= 0.3 is 0 Å². The largest absolute Gasteiger partial charge is 0.497 e. The van der Waals surface area contributed by atoms with Gasteiger partial charge in [-0.15, -0.1) is 0 Å². The van der Waals surface area contributed by atoms with Crippen molar-refractivity contribution >= 4 is 23.3 Å². The maximum atomic E-state index is 12.8. The number of ketones is 1. The molecule has 25 heavy (non-hydrogen) atoms. The number of ether oxygens (including phenoxy) is 1. The van der Waals surface area contributed by atoms with Crippen LogP contribution in [0.2, 0.25) is 5.02 Å². The zero-order valence-corrected chi connectivity index (χ0v) is 14.8. The van der Waals surface area contributed by atoms with E-state index >= 15 is 0 Å². The first-order valence-corrected chi connectivity index (χ1v) is 8.69. The maximum Gasteiger partial charge on any atom is 0.253 e. The van der Waals surface area contributed by atoms with Gasteiger partial charge in [0.15, 0.2) is 5.78 Å². The van der Waals surface area contributed by atoms with E-state index in [2.05, 4.69) is 0 Å². The Hall–Kier alpha value is -2.33. The van der Waals surface area contributed by atoms with Crippen LogP contribution >= 0.6 is 11.6 Å². The predicted octanol–water partition coefficient (Wildman–Crippen LogP) is 4.08. The second-order valence-electron chi connectivity index (χ2n) is 6.19. The Morgan fingerprint density at radius 1 is 1.12 bits per heavy atom. The Balaban J connectivity index is 1.71. The van der Waals surface area contributed by atoms with Crippen LogP contribution in [-0.4, -0.2) is 36.8 Å². The van der Waals surface area contributed by atoms with E-state index < -0.39 is 0 Å². The molecule has 1 saturated heterocycles. The zero-order chi connectivity index (χ0) is 17.8. The summed E-state index contributed by atoms with van der Waals surface area (Å²) in [6.45, 7) is 1.11. The summed E-state index contributed by atoms with van der Waals surface area (Å²) in [6, 6.07) is 14.0. The Bertz CT molecular complexity index is 773. The molecule has 0 aliphatic carbocycles. The van der Waals surface area contributed by atoms with Crippen molar-refractivity contribution in [3.05, 3.63) is 64.7 Å². The number of carbonyl (C=O) groups excluding carboxylic acids is 2. The summed E-state index contributed by atoms with van der Waals surface area (Å²) in [6.07, 6.45) is 1.61. The quantitative estimate of drug-likeness (QED) is 0.774. The van der Waals surface area contributed by atoms with Gasteiger partial charge in [-0.25, -0.2) is 0 Å². The van der Waals surface area contributed by atoms with Crippen molar-refractivity contribution in [1.82, 2.24) is 4.90 Å². The highest BCUT2D eigenvalue weighted by molar-refractivity contribution is 6.30. The number of nitrogens with zero attached hydrogens (tertiary/aromatic N) is 1. The summed E-state index contributed by atoms with van der Waals surface area (Å²) in [5.41, 5.74) is 1.22. The summed E-state index contributed by atoms with van der Waals surface area (Å²) in [4.78, 5) is 27.2. The van der Waals surface area contributed by atoms with Crippen molar-refractivity contribution in [3.8, 4) is 5.75 Å². The summed E-state index contributed by atoms with van der Waals surface area (Å²) >= 11 is 5.98. The Morgan fingerprint density at radius 2 is 1.88 bits per heavy atom. The van der Waals surface area contributed by atoms with Crippen LogP contribution in [0.15, 0.2) is 48.5 Å². The molecular formula is C20H20ClNO3. The lowest BCUT2D eigenvalue weighted by Gasteiger charge is -2.32. The second-order valence-corrected chi connectivity index (χ2v) is 6.63. The highest BCUT2D eigenvalue weighted by Crippen LogP contribution is 2.24. The molecule has 1 fully saturated rings. The predicted molar refractivity (Wildman–Crippen MR) is 97.4 cm³/mol. The van der Waals surface area contributed by atoms with Gasteiger partial charge in [-0.3, -0.25) is 9.59 Å². The first-order valence-electron chi connectivity index (χ1n) is 8.31. The van der Waals surface area contributed by atoms with Crippen LogP contribution in [0.5, 0.6) is 5.75 Å². The number of methoxy groups -OCH3 is 1. The van der Waals surface area contributed by atoms with E-state index in [1.54, 1.807) is 60.5 Å². The number of piperidine rings is 1. The lowest BCUT2D eigenvalue weighted by atomic mass is 9.89. The second kappa shape index (κ2) is 7.70. The summed E-state index contributed by atoms with van der Waals surface area (Å²) in [5, 5.41) is 0.536. The van der Waals surface area contributed by atoms with Gasteiger partial charge < -0.3 is 9.64 Å². The Labute approximate surface area is 152 Å². The Kier molecular flexibility index (Phi) is 5.39. The molecule has 3 rings (SSSR count). The van der Waals surface area contributed by atoms with Crippen molar-refractivity contribution in [1.29, 1.82) is 0 Å². The number of amides is 1. The minimum Gasteiger partial charge on any atom is -0.497 e. The maximum absolute atomic E-state index is 12.8. The van der Waals surface area contributed by atoms with Gasteiger partial charge in [0.1, 0.15) is 5.75 Å². The Morgan fingerprint density at radius 3 is 2.56 bits per heavy atom. The molecular weight excluding hydrogens is 338 g/mol. The van der Waals surface area contributed by atoms with Crippen LogP contribution < -0.4 is 4.74 Å². The molecule has 1 heterocycles. The molecule has 0 radical (unpaired) electrons. The summed E-state index contributed by atoms with van der Waals surface area (Å²) in [5.74, 6) is 0.546. The van der Waals surface area contributed by atoms with E-state index in [0.29, 0.717) is 29.2 Å². The van der Waals surface area contributed by atoms with Crippen molar-refractivity contribution in [2.45, 2.75) is 12.8 Å². The monoisotopic (exact) mass is 357 g/mol. The minimum absolute atomic E-state index is 0.0743. The molecule has 2 aromatic carbocycles. The average molecular weight is 358 g/mol. The fraction of sp³-hybridized carbons (Fsp3) is 0.300. The van der Waals surface area contributed by atoms with Crippen molar-refractivity contribution in [3.63, 3.8) is 0 Å². The third-order valence-electron chi connectivity index (χ3n) is 4.53. The van der Waals surface area contributed by atoms with Crippen LogP contribution in [0.25, 0.3) is 0 Å². The number of carbonyl (C=O) groups is 2. The van der Waals surface area contributed by atoms with Gasteiger partial charge in [0.05, 0.1) is 7.11 Å². The van der Waals surface area contributed by atoms with E-state index in [0.717, 1.165) is 18.6 Å². The molecule has 0 bridgehead atoms. The molecule has 0 N–H and O–H groups in total. The number of hydrogen-bond acceptors (Lipinski definition) is 3. The van der Waals surface area contributed by atoms with Gasteiger partial charge in [-0.1, -0.05) is 17.7 Å². The highest BCUT2D eigenvalue weighted by atomic mass is 35.5. The molecule has 1 aliphatic rings. The lowest BCUT2D eigenvalue weighted by Crippen LogP contribution is -2.42. The molecule has 1 amide bonds. The van der Waals surface area contributed by atoms with E-state index in [4.69, 9.17) is 16.3 Å². The van der Waals surface area contributed by atoms with Crippen LogP contribution in [0.1, 0.15) is 33.6 Å². The minimum atomic E-state index is -0.176. The van der Waals surface area contributed by atoms with Crippen LogP contribution in [0.3, 0.4) is 0 Å². The average Bonchev–Trinajstić information content (AvgIpc) is 2.67. The summed E-state index contributed by atoms with van der Waals surface area (Å²) < 4.78 is 5.13. The normalized spacial score (nSPS) is 17.2. The molecule has 4 nitrogen and oxygen atoms in total. The fourth-order valence-corrected chi connectivity index (χ4v) is 3.36. The molecule has 130 valence electrons. The molecule has 2 aromatic rings. The van der Waals surface area contributed by atoms with Gasteiger partial charge in [0, 0.05) is 35.2 Å². The van der Waals surface area contributed by atoms with Crippen LogP contribution in [0.4, 0.5) is 0 Å². The van der Waals surface area contributed by atoms with Crippen molar-refractivity contribution in [2.24, 2.45) is 5.92 Å². The number of hydrogen-bond donors (Lipinski definition) is 0. The zero-order valence-electron chi connectivity index (χ0n) is 14.1. The number of halogens is 1. The van der Waals surface area contributed by atoms with Gasteiger partial charge in [-0.05, 0) is 55.3 Å². The van der Waals surface area contributed by atoms with E-state index in [-0.39, 0.29) is 17.6 Å². The number of Topliss-reactive ketones (excluding diaryl/α,β-unsaturated/α-hetero) is 1. The standard InChI is InChI=1S/C20H20ClNO3/c1-25-18-9-7-14(8-10-18)19(23)16-5-3-11-22(13-16)20(24)15-4-2-6-17(21)12-15/h2,4,6-10,12,16H,3,5,11,13H2,1H3. The van der Waals surface area contributed by atoms with Crippen molar-refractivity contribution < 1.29 is 14.3 Å². The molecule has 0 aromatic heterocycles. The van der Waals surface area contributed by atoms with Crippen molar-refractivity contribution in [2.75, 3.05) is 20.2 Å². The molecule has 1 atom stereocenters. The molecule has 1 unspecified atom stereocenters. The topological polar surface area (TPSA) is 46.6 Å². The van der Waals surface area contributed by atoms with E-state index in [1.807, 2.05) is 0 Å².